The van der Waals surface area contributed by atoms with Crippen LogP contribution >= 0.6 is 0 Å². The molecule has 1 saturated heterocycles. The Labute approximate surface area is 171 Å². The summed E-state index contributed by atoms with van der Waals surface area (Å²) in [6.45, 7) is 3.86. The number of halogens is 2. The topological polar surface area (TPSA) is 66.9 Å². The van der Waals surface area contributed by atoms with E-state index in [-0.39, 0.29) is 11.6 Å². The number of hydrogen-bond acceptors (Lipinski definition) is 5. The van der Waals surface area contributed by atoms with Crippen molar-refractivity contribution in [2.24, 2.45) is 0 Å². The van der Waals surface area contributed by atoms with Crippen molar-refractivity contribution in [3.05, 3.63) is 60.4 Å². The first-order valence-corrected chi connectivity index (χ1v) is 9.72. The Balaban J connectivity index is 1.81. The molecule has 152 valence electrons. The van der Waals surface area contributed by atoms with E-state index >= 15 is 0 Å². The molecular weight excluding hydrogens is 388 g/mol. The highest BCUT2D eigenvalue weighted by atomic mass is 19.2. The molecule has 1 atom stereocenters. The molecule has 1 aliphatic heterocycles. The number of aromatic nitrogens is 4. The predicted octanol–water partition coefficient (Wildman–Crippen LogP) is 4.19. The highest BCUT2D eigenvalue weighted by molar-refractivity contribution is 6.01. The molecule has 0 amide bonds. The van der Waals surface area contributed by atoms with Gasteiger partial charge in [-0.05, 0) is 36.8 Å². The summed E-state index contributed by atoms with van der Waals surface area (Å²) in [5, 5.41) is 7.60. The Kier molecular flexibility index (Phi) is 4.63. The molecule has 1 N–H and O–H groups in total. The summed E-state index contributed by atoms with van der Waals surface area (Å²) in [6, 6.07) is 9.69. The lowest BCUT2D eigenvalue weighted by Crippen LogP contribution is -2.44. The van der Waals surface area contributed by atoms with Crippen LogP contribution in [-0.4, -0.2) is 46.0 Å². The Bertz CT molecular complexity index is 1210. The zero-order valence-corrected chi connectivity index (χ0v) is 16.3. The number of pyridine rings is 2. The molecule has 0 unspecified atom stereocenters. The summed E-state index contributed by atoms with van der Waals surface area (Å²) in [5.41, 5.74) is 2.65. The van der Waals surface area contributed by atoms with Crippen molar-refractivity contribution in [2.45, 2.75) is 13.0 Å². The van der Waals surface area contributed by atoms with Crippen LogP contribution in [0, 0.1) is 11.6 Å². The Morgan fingerprint density at radius 3 is 2.83 bits per heavy atom. The van der Waals surface area contributed by atoms with Crippen LogP contribution in [0.2, 0.25) is 0 Å². The summed E-state index contributed by atoms with van der Waals surface area (Å²) in [6.07, 6.45) is 3.27. The average molecular weight is 407 g/mol. The number of benzene rings is 1. The van der Waals surface area contributed by atoms with Crippen molar-refractivity contribution < 1.29 is 13.5 Å². The molecule has 6 nitrogen and oxygen atoms in total. The van der Waals surface area contributed by atoms with Gasteiger partial charge in [0.2, 0.25) is 0 Å². The van der Waals surface area contributed by atoms with E-state index in [0.29, 0.717) is 53.4 Å². The Morgan fingerprint density at radius 1 is 1.13 bits per heavy atom. The third-order valence-corrected chi connectivity index (χ3v) is 5.37. The van der Waals surface area contributed by atoms with Gasteiger partial charge in [0.05, 0.1) is 24.9 Å². The van der Waals surface area contributed by atoms with E-state index in [0.717, 1.165) is 6.07 Å². The van der Waals surface area contributed by atoms with Gasteiger partial charge in [0.15, 0.2) is 11.6 Å². The third-order valence-electron chi connectivity index (χ3n) is 5.37. The van der Waals surface area contributed by atoms with Gasteiger partial charge in [0.25, 0.3) is 0 Å². The molecule has 1 aromatic carbocycles. The van der Waals surface area contributed by atoms with E-state index in [4.69, 9.17) is 9.72 Å². The minimum Gasteiger partial charge on any atom is -0.377 e. The van der Waals surface area contributed by atoms with Crippen LogP contribution in [0.5, 0.6) is 0 Å². The zero-order chi connectivity index (χ0) is 20.7. The number of anilines is 1. The van der Waals surface area contributed by atoms with E-state index in [1.165, 1.54) is 6.07 Å². The second kappa shape index (κ2) is 7.46. The lowest BCUT2D eigenvalue weighted by Gasteiger charge is -2.34. The Hall–Kier alpha value is -3.39. The van der Waals surface area contributed by atoms with E-state index in [2.05, 4.69) is 20.1 Å². The first kappa shape index (κ1) is 18.6. The fraction of sp³-hybridized carbons (Fsp3) is 0.227. The molecule has 4 aromatic rings. The fourth-order valence-corrected chi connectivity index (χ4v) is 3.87. The van der Waals surface area contributed by atoms with Crippen LogP contribution in [0.15, 0.2) is 48.8 Å². The first-order chi connectivity index (χ1) is 14.6. The van der Waals surface area contributed by atoms with Gasteiger partial charge >= 0.3 is 0 Å². The quantitative estimate of drug-likeness (QED) is 0.552. The minimum atomic E-state index is -0.887. The predicted molar refractivity (Wildman–Crippen MR) is 110 cm³/mol. The molecule has 30 heavy (non-hydrogen) atoms. The van der Waals surface area contributed by atoms with Gasteiger partial charge in [-0.1, -0.05) is 12.1 Å². The SMILES string of the molecule is C[C@@H]1COCCN1c1cc(-c2cccc(F)c2F)c2ccnc(-c3ccn[nH]3)c2n1. The minimum absolute atomic E-state index is 0.0983. The molecule has 5 rings (SSSR count). The van der Waals surface area contributed by atoms with E-state index in [9.17, 15) is 8.78 Å². The number of fused-ring (bicyclic) bond motifs is 1. The zero-order valence-electron chi connectivity index (χ0n) is 16.3. The van der Waals surface area contributed by atoms with Crippen molar-refractivity contribution in [1.82, 2.24) is 20.2 Å². The number of rotatable bonds is 3. The van der Waals surface area contributed by atoms with Crippen LogP contribution in [0.4, 0.5) is 14.6 Å². The van der Waals surface area contributed by atoms with Crippen molar-refractivity contribution >= 4 is 16.7 Å². The van der Waals surface area contributed by atoms with Gasteiger partial charge in [-0.25, -0.2) is 13.8 Å². The van der Waals surface area contributed by atoms with Gasteiger partial charge in [-0.2, -0.15) is 5.10 Å². The van der Waals surface area contributed by atoms with Gasteiger partial charge in [0, 0.05) is 29.9 Å². The lowest BCUT2D eigenvalue weighted by atomic mass is 9.99. The molecule has 0 bridgehead atoms. The molecule has 1 aliphatic rings. The van der Waals surface area contributed by atoms with E-state index < -0.39 is 11.6 Å². The second-order valence-corrected chi connectivity index (χ2v) is 7.27. The molecule has 1 fully saturated rings. The van der Waals surface area contributed by atoms with Gasteiger partial charge in [-0.3, -0.25) is 10.1 Å². The van der Waals surface area contributed by atoms with Crippen LogP contribution in [0.1, 0.15) is 6.92 Å². The van der Waals surface area contributed by atoms with Gasteiger partial charge in [-0.15, -0.1) is 0 Å². The number of ether oxygens (including phenoxy) is 1. The summed E-state index contributed by atoms with van der Waals surface area (Å²) < 4.78 is 34.4. The van der Waals surface area contributed by atoms with Gasteiger partial charge in [0.1, 0.15) is 17.0 Å². The third kappa shape index (κ3) is 3.09. The fourth-order valence-electron chi connectivity index (χ4n) is 3.87. The Morgan fingerprint density at radius 2 is 2.03 bits per heavy atom. The summed E-state index contributed by atoms with van der Waals surface area (Å²) in [5.74, 6) is -1.10. The van der Waals surface area contributed by atoms with E-state index in [1.807, 2.05) is 13.0 Å². The largest absolute Gasteiger partial charge is 0.377 e. The normalized spacial score (nSPS) is 16.9. The number of morpholine rings is 1. The van der Waals surface area contributed by atoms with Crippen molar-refractivity contribution in [1.29, 1.82) is 0 Å². The van der Waals surface area contributed by atoms with Crippen molar-refractivity contribution in [3.8, 4) is 22.5 Å². The van der Waals surface area contributed by atoms with E-state index in [1.54, 1.807) is 30.6 Å². The number of aromatic amines is 1. The van der Waals surface area contributed by atoms with Crippen LogP contribution in [-0.2, 0) is 4.74 Å². The lowest BCUT2D eigenvalue weighted by molar-refractivity contribution is 0.0986. The van der Waals surface area contributed by atoms with Crippen LogP contribution in [0.25, 0.3) is 33.4 Å². The van der Waals surface area contributed by atoms with Crippen molar-refractivity contribution in [3.63, 3.8) is 0 Å². The number of H-pyrrole nitrogens is 1. The summed E-state index contributed by atoms with van der Waals surface area (Å²) in [7, 11) is 0. The van der Waals surface area contributed by atoms with Crippen LogP contribution < -0.4 is 4.90 Å². The maximum absolute atomic E-state index is 14.8. The molecule has 8 heteroatoms. The maximum Gasteiger partial charge on any atom is 0.166 e. The molecular formula is C22H19F2N5O. The molecule has 4 heterocycles. The van der Waals surface area contributed by atoms with Crippen molar-refractivity contribution in [2.75, 3.05) is 24.7 Å². The molecule has 0 saturated carbocycles. The molecule has 0 spiro atoms. The first-order valence-electron chi connectivity index (χ1n) is 9.72. The highest BCUT2D eigenvalue weighted by Crippen LogP contribution is 2.36. The molecule has 0 aliphatic carbocycles. The van der Waals surface area contributed by atoms with Gasteiger partial charge < -0.3 is 9.64 Å². The number of hydrogen-bond donors (Lipinski definition) is 1. The maximum atomic E-state index is 14.8. The molecule has 3 aromatic heterocycles. The molecule has 0 radical (unpaired) electrons. The number of nitrogens with zero attached hydrogens (tertiary/aromatic N) is 4. The number of nitrogens with one attached hydrogen (secondary N) is 1. The standard InChI is InChI=1S/C22H19F2N5O/c1-13-12-30-10-9-29(13)19-11-16(14-3-2-4-17(23)20(14)24)15-5-7-25-22(21(15)27-19)18-6-8-26-28-18/h2-8,11,13H,9-10,12H2,1H3,(H,26,28)/t13-/m1/s1. The average Bonchev–Trinajstić information content (AvgIpc) is 3.30. The smallest absolute Gasteiger partial charge is 0.166 e. The monoisotopic (exact) mass is 407 g/mol. The highest BCUT2D eigenvalue weighted by Gasteiger charge is 2.24. The summed E-state index contributed by atoms with van der Waals surface area (Å²) >= 11 is 0. The second-order valence-electron chi connectivity index (χ2n) is 7.27. The van der Waals surface area contributed by atoms with Crippen LogP contribution in [0.3, 0.4) is 0 Å². The summed E-state index contributed by atoms with van der Waals surface area (Å²) in [4.78, 5) is 11.5.